The Morgan fingerprint density at radius 1 is 1.38 bits per heavy atom. The van der Waals surface area contributed by atoms with Crippen molar-refractivity contribution in [3.63, 3.8) is 0 Å². The topological polar surface area (TPSA) is 9.72 Å². The SMILES string of the molecule is CC(CN1CCN(C)C1C)N(C)C. The van der Waals surface area contributed by atoms with Crippen LogP contribution < -0.4 is 0 Å². The molecule has 0 saturated carbocycles. The van der Waals surface area contributed by atoms with Gasteiger partial charge in [-0.25, -0.2) is 0 Å². The minimum atomic E-state index is 0.613. The monoisotopic (exact) mass is 185 g/mol. The van der Waals surface area contributed by atoms with Crippen LogP contribution in [-0.2, 0) is 0 Å². The van der Waals surface area contributed by atoms with Gasteiger partial charge in [0.25, 0.3) is 0 Å². The van der Waals surface area contributed by atoms with Crippen LogP contribution in [0.3, 0.4) is 0 Å². The zero-order chi connectivity index (χ0) is 10.0. The molecular formula is C10H23N3. The van der Waals surface area contributed by atoms with E-state index in [9.17, 15) is 0 Å². The van der Waals surface area contributed by atoms with Crippen LogP contribution in [-0.4, -0.2) is 67.7 Å². The predicted octanol–water partition coefficient (Wildman–Crippen LogP) is 0.530. The Morgan fingerprint density at radius 3 is 2.38 bits per heavy atom. The Hall–Kier alpha value is -0.120. The minimum Gasteiger partial charge on any atom is -0.305 e. The maximum atomic E-state index is 2.55. The molecule has 1 fully saturated rings. The molecule has 13 heavy (non-hydrogen) atoms. The molecule has 1 saturated heterocycles. The fourth-order valence-corrected chi connectivity index (χ4v) is 1.69. The molecule has 0 aromatic rings. The van der Waals surface area contributed by atoms with Crippen molar-refractivity contribution < 1.29 is 0 Å². The summed E-state index contributed by atoms with van der Waals surface area (Å²) in [5.74, 6) is 0. The summed E-state index contributed by atoms with van der Waals surface area (Å²) in [6.07, 6.45) is 0.613. The Bertz CT molecular complexity index is 158. The first-order valence-electron chi connectivity index (χ1n) is 5.13. The highest BCUT2D eigenvalue weighted by molar-refractivity contribution is 4.79. The summed E-state index contributed by atoms with van der Waals surface area (Å²) in [7, 11) is 6.50. The molecule has 1 rings (SSSR count). The molecule has 0 amide bonds. The van der Waals surface area contributed by atoms with E-state index < -0.39 is 0 Å². The van der Waals surface area contributed by atoms with E-state index in [0.717, 1.165) is 0 Å². The number of nitrogens with zero attached hydrogens (tertiary/aromatic N) is 3. The van der Waals surface area contributed by atoms with E-state index in [1.54, 1.807) is 0 Å². The van der Waals surface area contributed by atoms with Gasteiger partial charge in [0.15, 0.2) is 0 Å². The maximum Gasteiger partial charge on any atom is 0.0592 e. The van der Waals surface area contributed by atoms with Gasteiger partial charge in [0, 0.05) is 25.7 Å². The van der Waals surface area contributed by atoms with Crippen LogP contribution in [0, 0.1) is 0 Å². The molecule has 0 aliphatic carbocycles. The minimum absolute atomic E-state index is 0.613. The van der Waals surface area contributed by atoms with Gasteiger partial charge in [-0.1, -0.05) is 0 Å². The molecule has 3 heteroatoms. The van der Waals surface area contributed by atoms with Crippen LogP contribution in [0.1, 0.15) is 13.8 Å². The van der Waals surface area contributed by atoms with Gasteiger partial charge in [-0.2, -0.15) is 0 Å². The summed E-state index contributed by atoms with van der Waals surface area (Å²) in [4.78, 5) is 7.23. The normalized spacial score (nSPS) is 28.6. The van der Waals surface area contributed by atoms with E-state index in [2.05, 4.69) is 49.7 Å². The van der Waals surface area contributed by atoms with Crippen LogP contribution in [0.2, 0.25) is 0 Å². The summed E-state index contributed by atoms with van der Waals surface area (Å²) < 4.78 is 0. The van der Waals surface area contributed by atoms with Gasteiger partial charge in [0.05, 0.1) is 6.17 Å². The van der Waals surface area contributed by atoms with Crippen LogP contribution in [0.15, 0.2) is 0 Å². The fourth-order valence-electron chi connectivity index (χ4n) is 1.69. The second-order valence-corrected chi connectivity index (χ2v) is 4.42. The molecule has 1 heterocycles. The first-order valence-corrected chi connectivity index (χ1v) is 5.13. The number of likely N-dealkylation sites (N-methyl/N-ethyl adjacent to an activating group) is 2. The molecule has 0 aromatic carbocycles. The summed E-state index contributed by atoms with van der Waals surface area (Å²) in [6.45, 7) is 8.18. The Morgan fingerprint density at radius 2 is 2.00 bits per heavy atom. The molecule has 78 valence electrons. The van der Waals surface area contributed by atoms with E-state index in [-0.39, 0.29) is 0 Å². The second-order valence-electron chi connectivity index (χ2n) is 4.42. The Kier molecular flexibility index (Phi) is 3.71. The fraction of sp³-hybridized carbons (Fsp3) is 1.00. The van der Waals surface area contributed by atoms with Gasteiger partial charge < -0.3 is 4.90 Å². The van der Waals surface area contributed by atoms with Gasteiger partial charge in [0.2, 0.25) is 0 Å². The smallest absolute Gasteiger partial charge is 0.0592 e. The van der Waals surface area contributed by atoms with Gasteiger partial charge in [0.1, 0.15) is 0 Å². The average Bonchev–Trinajstić information content (AvgIpc) is 2.36. The first kappa shape index (κ1) is 11.0. The predicted molar refractivity (Wildman–Crippen MR) is 56.8 cm³/mol. The number of rotatable bonds is 3. The van der Waals surface area contributed by atoms with Crippen LogP contribution in [0.4, 0.5) is 0 Å². The van der Waals surface area contributed by atoms with Gasteiger partial charge in [-0.05, 0) is 35.0 Å². The Labute approximate surface area is 82.3 Å². The van der Waals surface area contributed by atoms with Crippen LogP contribution >= 0.6 is 0 Å². The highest BCUT2D eigenvalue weighted by Gasteiger charge is 2.26. The van der Waals surface area contributed by atoms with Crippen molar-refractivity contribution in [3.05, 3.63) is 0 Å². The molecule has 3 nitrogen and oxygen atoms in total. The summed E-state index contributed by atoms with van der Waals surface area (Å²) in [5, 5.41) is 0. The van der Waals surface area contributed by atoms with Gasteiger partial charge in [-0.15, -0.1) is 0 Å². The first-order chi connectivity index (χ1) is 6.02. The van der Waals surface area contributed by atoms with Crippen LogP contribution in [0.25, 0.3) is 0 Å². The lowest BCUT2D eigenvalue weighted by Crippen LogP contribution is -2.42. The van der Waals surface area contributed by atoms with Crippen molar-refractivity contribution in [2.24, 2.45) is 0 Å². The van der Waals surface area contributed by atoms with Gasteiger partial charge >= 0.3 is 0 Å². The lowest BCUT2D eigenvalue weighted by Gasteiger charge is -2.29. The molecule has 0 radical (unpaired) electrons. The summed E-state index contributed by atoms with van der Waals surface area (Å²) in [6, 6.07) is 0.647. The third-order valence-electron chi connectivity index (χ3n) is 3.29. The van der Waals surface area contributed by atoms with Gasteiger partial charge in [-0.3, -0.25) is 9.80 Å². The zero-order valence-corrected chi connectivity index (χ0v) is 9.62. The average molecular weight is 185 g/mol. The largest absolute Gasteiger partial charge is 0.305 e. The van der Waals surface area contributed by atoms with Crippen LogP contribution in [0.5, 0.6) is 0 Å². The second kappa shape index (κ2) is 4.40. The molecule has 1 aliphatic rings. The third-order valence-corrected chi connectivity index (χ3v) is 3.29. The lowest BCUT2D eigenvalue weighted by molar-refractivity contribution is 0.140. The molecule has 0 aromatic heterocycles. The van der Waals surface area contributed by atoms with Crippen molar-refractivity contribution in [2.75, 3.05) is 40.8 Å². The van der Waals surface area contributed by atoms with E-state index in [0.29, 0.717) is 12.2 Å². The summed E-state index contributed by atoms with van der Waals surface area (Å²) in [5.41, 5.74) is 0. The van der Waals surface area contributed by atoms with Crippen molar-refractivity contribution in [1.82, 2.24) is 14.7 Å². The third kappa shape index (κ3) is 2.66. The molecule has 0 bridgehead atoms. The summed E-state index contributed by atoms with van der Waals surface area (Å²) >= 11 is 0. The van der Waals surface area contributed by atoms with E-state index in [1.807, 2.05) is 0 Å². The van der Waals surface area contributed by atoms with Crippen molar-refractivity contribution in [3.8, 4) is 0 Å². The molecular weight excluding hydrogens is 162 g/mol. The molecule has 0 N–H and O–H groups in total. The van der Waals surface area contributed by atoms with E-state index in [1.165, 1.54) is 19.6 Å². The molecule has 0 spiro atoms. The molecule has 1 aliphatic heterocycles. The lowest BCUT2D eigenvalue weighted by atomic mass is 10.3. The van der Waals surface area contributed by atoms with E-state index >= 15 is 0 Å². The molecule has 2 unspecified atom stereocenters. The van der Waals surface area contributed by atoms with Crippen molar-refractivity contribution >= 4 is 0 Å². The highest BCUT2D eigenvalue weighted by atomic mass is 15.4. The zero-order valence-electron chi connectivity index (χ0n) is 9.62. The quantitative estimate of drug-likeness (QED) is 0.635. The number of hydrogen-bond donors (Lipinski definition) is 0. The Balaban J connectivity index is 2.37. The maximum absolute atomic E-state index is 2.55. The molecule has 2 atom stereocenters. The highest BCUT2D eigenvalue weighted by Crippen LogP contribution is 2.12. The standard InChI is InChI=1S/C10H23N3/c1-9(11(3)4)8-13-7-6-12(5)10(13)2/h9-10H,6-8H2,1-5H3. The van der Waals surface area contributed by atoms with E-state index in [4.69, 9.17) is 0 Å². The number of hydrogen-bond acceptors (Lipinski definition) is 3. The van der Waals surface area contributed by atoms with Crippen molar-refractivity contribution in [2.45, 2.75) is 26.1 Å². The van der Waals surface area contributed by atoms with Crippen molar-refractivity contribution in [1.29, 1.82) is 0 Å².